The van der Waals surface area contributed by atoms with E-state index in [1.165, 1.54) is 0 Å². The average molecular weight is 462 g/mol. The van der Waals surface area contributed by atoms with Crippen LogP contribution in [0.15, 0.2) is 42.5 Å². The number of sulfone groups is 1. The fourth-order valence-electron chi connectivity index (χ4n) is 4.30. The zero-order valence-corrected chi connectivity index (χ0v) is 19.3. The number of hydrogen-bond acceptors (Lipinski definition) is 5. The molecule has 166 valence electrons. The molecule has 4 rings (SSSR count). The SMILES string of the molecule is Cc1cc(NC(=O)c2ccc(CN3CCN([C@H]4CCS(=O)(=O)C4)CC3)cc2)ccc1Cl. The van der Waals surface area contributed by atoms with Crippen molar-refractivity contribution in [2.45, 2.75) is 25.9 Å². The first-order valence-electron chi connectivity index (χ1n) is 10.6. The minimum absolute atomic E-state index is 0.145. The summed E-state index contributed by atoms with van der Waals surface area (Å²) in [4.78, 5) is 17.2. The smallest absolute Gasteiger partial charge is 0.255 e. The van der Waals surface area contributed by atoms with Crippen LogP contribution in [0.5, 0.6) is 0 Å². The number of halogens is 1. The molecule has 2 aromatic carbocycles. The monoisotopic (exact) mass is 461 g/mol. The van der Waals surface area contributed by atoms with Gasteiger partial charge >= 0.3 is 0 Å². The Hall–Kier alpha value is -1.93. The maximum absolute atomic E-state index is 12.5. The van der Waals surface area contributed by atoms with Crippen LogP contribution in [-0.2, 0) is 16.4 Å². The highest BCUT2D eigenvalue weighted by molar-refractivity contribution is 7.91. The second-order valence-electron chi connectivity index (χ2n) is 8.48. The molecule has 0 aliphatic carbocycles. The molecular weight excluding hydrogens is 434 g/mol. The number of nitrogens with zero attached hydrogens (tertiary/aromatic N) is 2. The third kappa shape index (κ3) is 5.66. The van der Waals surface area contributed by atoms with Gasteiger partial charge in [0, 0.05) is 55.0 Å². The molecule has 1 amide bonds. The Labute approximate surface area is 189 Å². The third-order valence-corrected chi connectivity index (χ3v) is 8.34. The molecule has 8 heteroatoms. The Bertz CT molecular complexity index is 1050. The van der Waals surface area contributed by atoms with Crippen LogP contribution < -0.4 is 5.32 Å². The van der Waals surface area contributed by atoms with Gasteiger partial charge in [-0.25, -0.2) is 8.42 Å². The van der Waals surface area contributed by atoms with Gasteiger partial charge < -0.3 is 5.32 Å². The van der Waals surface area contributed by atoms with E-state index >= 15 is 0 Å². The first kappa shape index (κ1) is 22.3. The van der Waals surface area contributed by atoms with E-state index in [9.17, 15) is 13.2 Å². The molecule has 31 heavy (non-hydrogen) atoms. The molecule has 0 aromatic heterocycles. The molecule has 1 atom stereocenters. The molecule has 2 aliphatic rings. The predicted octanol–water partition coefficient (Wildman–Crippen LogP) is 3.21. The van der Waals surface area contributed by atoms with Crippen LogP contribution in [0.1, 0.15) is 27.9 Å². The zero-order valence-electron chi connectivity index (χ0n) is 17.7. The number of hydrogen-bond donors (Lipinski definition) is 1. The topological polar surface area (TPSA) is 69.7 Å². The van der Waals surface area contributed by atoms with Crippen molar-refractivity contribution in [1.29, 1.82) is 0 Å². The van der Waals surface area contributed by atoms with Crippen LogP contribution in [-0.4, -0.2) is 67.9 Å². The summed E-state index contributed by atoms with van der Waals surface area (Å²) in [5.41, 5.74) is 3.42. The maximum Gasteiger partial charge on any atom is 0.255 e. The number of benzene rings is 2. The van der Waals surface area contributed by atoms with Crippen molar-refractivity contribution in [1.82, 2.24) is 9.80 Å². The summed E-state index contributed by atoms with van der Waals surface area (Å²) >= 11 is 6.04. The Morgan fingerprint density at radius 1 is 1.10 bits per heavy atom. The van der Waals surface area contributed by atoms with Gasteiger partial charge in [-0.05, 0) is 54.8 Å². The number of piperazine rings is 1. The molecule has 0 spiro atoms. The van der Waals surface area contributed by atoms with E-state index in [1.807, 2.05) is 37.3 Å². The van der Waals surface area contributed by atoms with Crippen molar-refractivity contribution in [3.63, 3.8) is 0 Å². The normalized spacial score (nSPS) is 21.8. The fourth-order valence-corrected chi connectivity index (χ4v) is 6.17. The number of aryl methyl sites for hydroxylation is 1. The molecule has 0 radical (unpaired) electrons. The summed E-state index contributed by atoms with van der Waals surface area (Å²) in [5, 5.41) is 3.59. The van der Waals surface area contributed by atoms with Gasteiger partial charge in [-0.3, -0.25) is 14.6 Å². The summed E-state index contributed by atoms with van der Waals surface area (Å²) in [7, 11) is -2.84. The molecule has 1 N–H and O–H groups in total. The Morgan fingerprint density at radius 2 is 1.81 bits per heavy atom. The number of anilines is 1. The van der Waals surface area contributed by atoms with Crippen LogP contribution in [0.3, 0.4) is 0 Å². The van der Waals surface area contributed by atoms with E-state index < -0.39 is 9.84 Å². The van der Waals surface area contributed by atoms with Gasteiger partial charge in [-0.2, -0.15) is 0 Å². The molecule has 2 saturated heterocycles. The molecule has 0 saturated carbocycles. The first-order valence-corrected chi connectivity index (χ1v) is 12.8. The maximum atomic E-state index is 12.5. The Balaban J connectivity index is 1.28. The highest BCUT2D eigenvalue weighted by Crippen LogP contribution is 2.21. The quantitative estimate of drug-likeness (QED) is 0.740. The van der Waals surface area contributed by atoms with Gasteiger partial charge in [-0.1, -0.05) is 23.7 Å². The summed E-state index contributed by atoms with van der Waals surface area (Å²) in [5.74, 6) is 0.495. The molecule has 2 aromatic rings. The zero-order chi connectivity index (χ0) is 22.0. The van der Waals surface area contributed by atoms with Gasteiger partial charge in [0.05, 0.1) is 11.5 Å². The van der Waals surface area contributed by atoms with E-state index in [-0.39, 0.29) is 11.9 Å². The van der Waals surface area contributed by atoms with Crippen LogP contribution in [0.4, 0.5) is 5.69 Å². The second kappa shape index (κ2) is 9.28. The van der Waals surface area contributed by atoms with Crippen LogP contribution >= 0.6 is 11.6 Å². The predicted molar refractivity (Wildman–Crippen MR) is 124 cm³/mol. The minimum atomic E-state index is -2.84. The van der Waals surface area contributed by atoms with Crippen LogP contribution in [0.2, 0.25) is 5.02 Å². The molecule has 2 fully saturated rings. The number of carbonyl (C=O) groups excluding carboxylic acids is 1. The fraction of sp³-hybridized carbons (Fsp3) is 0.435. The van der Waals surface area contributed by atoms with Crippen molar-refractivity contribution in [3.8, 4) is 0 Å². The molecule has 2 aliphatic heterocycles. The van der Waals surface area contributed by atoms with Crippen LogP contribution in [0.25, 0.3) is 0 Å². The van der Waals surface area contributed by atoms with Crippen molar-refractivity contribution in [3.05, 3.63) is 64.2 Å². The van der Waals surface area contributed by atoms with Crippen molar-refractivity contribution < 1.29 is 13.2 Å². The first-order chi connectivity index (χ1) is 14.8. The summed E-state index contributed by atoms with van der Waals surface area (Å²) in [6.45, 7) is 6.39. The largest absolute Gasteiger partial charge is 0.322 e. The summed E-state index contributed by atoms with van der Waals surface area (Å²) in [6.07, 6.45) is 0.765. The van der Waals surface area contributed by atoms with Gasteiger partial charge in [0.2, 0.25) is 0 Å². The van der Waals surface area contributed by atoms with Crippen molar-refractivity contribution in [2.24, 2.45) is 0 Å². The summed E-state index contributed by atoms with van der Waals surface area (Å²) < 4.78 is 23.4. The second-order valence-corrected chi connectivity index (χ2v) is 11.1. The number of carbonyl (C=O) groups is 1. The molecular formula is C23H28ClN3O3S. The minimum Gasteiger partial charge on any atom is -0.322 e. The lowest BCUT2D eigenvalue weighted by atomic mass is 10.1. The van der Waals surface area contributed by atoms with E-state index in [2.05, 4.69) is 15.1 Å². The van der Waals surface area contributed by atoms with E-state index in [4.69, 9.17) is 11.6 Å². The van der Waals surface area contributed by atoms with E-state index in [0.717, 1.165) is 56.0 Å². The van der Waals surface area contributed by atoms with Gasteiger partial charge in [0.25, 0.3) is 5.91 Å². The lowest BCUT2D eigenvalue weighted by molar-refractivity contribution is 0.1000. The lowest BCUT2D eigenvalue weighted by Crippen LogP contribution is -2.50. The number of nitrogens with one attached hydrogen (secondary N) is 1. The highest BCUT2D eigenvalue weighted by Gasteiger charge is 2.33. The number of rotatable bonds is 5. The molecule has 6 nitrogen and oxygen atoms in total. The van der Waals surface area contributed by atoms with E-state index in [1.54, 1.807) is 12.1 Å². The van der Waals surface area contributed by atoms with E-state index in [0.29, 0.717) is 22.1 Å². The Morgan fingerprint density at radius 3 is 2.42 bits per heavy atom. The molecule has 0 unspecified atom stereocenters. The third-order valence-electron chi connectivity index (χ3n) is 6.17. The molecule has 0 bridgehead atoms. The van der Waals surface area contributed by atoms with Crippen molar-refractivity contribution >= 4 is 33.0 Å². The molecule has 2 heterocycles. The average Bonchev–Trinajstić information content (AvgIpc) is 3.11. The van der Waals surface area contributed by atoms with Crippen molar-refractivity contribution in [2.75, 3.05) is 43.0 Å². The van der Waals surface area contributed by atoms with Gasteiger partial charge in [-0.15, -0.1) is 0 Å². The summed E-state index contributed by atoms with van der Waals surface area (Å²) in [6, 6.07) is 13.3. The number of amides is 1. The lowest BCUT2D eigenvalue weighted by Gasteiger charge is -2.37. The Kier molecular flexibility index (Phi) is 6.67. The van der Waals surface area contributed by atoms with Gasteiger partial charge in [0.1, 0.15) is 0 Å². The highest BCUT2D eigenvalue weighted by atomic mass is 35.5. The van der Waals surface area contributed by atoms with Gasteiger partial charge in [0.15, 0.2) is 9.84 Å². The van der Waals surface area contributed by atoms with Crippen LogP contribution in [0, 0.1) is 6.92 Å². The standard InChI is InChI=1S/C23H28ClN3O3S/c1-17-14-20(6-7-22(17)24)25-23(28)19-4-2-18(3-5-19)15-26-9-11-27(12-10-26)21-8-13-31(29,30)16-21/h2-7,14,21H,8-13,15-16H2,1H3,(H,25,28)/t21-/m0/s1.